The molecular formula is C19H21N7O2. The highest BCUT2D eigenvalue weighted by molar-refractivity contribution is 5.79. The van der Waals surface area contributed by atoms with Crippen LogP contribution in [-0.4, -0.2) is 61.4 Å². The van der Waals surface area contributed by atoms with Crippen molar-refractivity contribution < 1.29 is 9.47 Å². The number of nitrogens with one attached hydrogen (secondary N) is 1. The Kier molecular flexibility index (Phi) is 4.38. The molecule has 0 unspecified atom stereocenters. The molecule has 9 nitrogen and oxygen atoms in total. The fraction of sp³-hybridized carbons (Fsp3) is 0.368. The summed E-state index contributed by atoms with van der Waals surface area (Å²) in [6.45, 7) is 1.27. The number of aromatic nitrogens is 6. The Balaban J connectivity index is 1.29. The second-order valence-electron chi connectivity index (χ2n) is 6.92. The van der Waals surface area contributed by atoms with E-state index in [2.05, 4.69) is 25.4 Å². The number of hydrogen-bond donors (Lipinski definition) is 1. The van der Waals surface area contributed by atoms with Crippen LogP contribution in [-0.2, 0) is 9.47 Å². The van der Waals surface area contributed by atoms with Crippen molar-refractivity contribution >= 4 is 17.2 Å². The highest BCUT2D eigenvalue weighted by Gasteiger charge is 2.30. The van der Waals surface area contributed by atoms with Crippen LogP contribution in [0, 0.1) is 0 Å². The van der Waals surface area contributed by atoms with Gasteiger partial charge in [0.15, 0.2) is 0 Å². The zero-order valence-electron chi connectivity index (χ0n) is 15.5. The van der Waals surface area contributed by atoms with Crippen molar-refractivity contribution in [2.75, 3.05) is 25.6 Å². The Morgan fingerprint density at radius 1 is 1.14 bits per heavy atom. The average Bonchev–Trinajstić information content (AvgIpc) is 3.31. The number of hydrogen-bond acceptors (Lipinski definition) is 7. The lowest BCUT2D eigenvalue weighted by atomic mass is 9.89. The number of anilines is 1. The molecule has 0 spiro atoms. The predicted molar refractivity (Wildman–Crippen MR) is 103 cm³/mol. The molecular weight excluding hydrogens is 358 g/mol. The van der Waals surface area contributed by atoms with E-state index in [1.54, 1.807) is 13.3 Å². The van der Waals surface area contributed by atoms with Gasteiger partial charge in [-0.15, -0.1) is 5.10 Å². The second kappa shape index (κ2) is 7.17. The van der Waals surface area contributed by atoms with Gasteiger partial charge in [0.05, 0.1) is 31.0 Å². The molecule has 4 heterocycles. The Bertz CT molecular complexity index is 1100. The van der Waals surface area contributed by atoms with Crippen LogP contribution in [0.2, 0.25) is 0 Å². The van der Waals surface area contributed by atoms with Gasteiger partial charge in [-0.3, -0.25) is 4.40 Å². The monoisotopic (exact) mass is 379 g/mol. The van der Waals surface area contributed by atoms with E-state index in [9.17, 15) is 0 Å². The van der Waals surface area contributed by atoms with Crippen LogP contribution < -0.4 is 5.32 Å². The van der Waals surface area contributed by atoms with Gasteiger partial charge in [0.2, 0.25) is 11.7 Å². The van der Waals surface area contributed by atoms with Crippen LogP contribution in [0.15, 0.2) is 43.2 Å². The highest BCUT2D eigenvalue weighted by Crippen LogP contribution is 2.27. The summed E-state index contributed by atoms with van der Waals surface area (Å²) >= 11 is 0. The molecule has 0 aliphatic heterocycles. The summed E-state index contributed by atoms with van der Waals surface area (Å²) in [5.41, 5.74) is 2.96. The quantitative estimate of drug-likeness (QED) is 0.491. The number of fused-ring (bicyclic) bond motifs is 2. The minimum absolute atomic E-state index is 0.292. The number of rotatable bonds is 7. The van der Waals surface area contributed by atoms with E-state index >= 15 is 0 Å². The van der Waals surface area contributed by atoms with Gasteiger partial charge in [-0.25, -0.2) is 19.5 Å². The van der Waals surface area contributed by atoms with E-state index in [-0.39, 0.29) is 0 Å². The summed E-state index contributed by atoms with van der Waals surface area (Å²) in [6.07, 6.45) is 13.4. The number of methoxy groups -OCH3 is 1. The third kappa shape index (κ3) is 3.19. The molecule has 0 radical (unpaired) electrons. The van der Waals surface area contributed by atoms with Crippen molar-refractivity contribution in [2.45, 2.75) is 25.0 Å². The van der Waals surface area contributed by atoms with E-state index in [0.29, 0.717) is 37.1 Å². The van der Waals surface area contributed by atoms with Crippen LogP contribution in [0.25, 0.3) is 22.4 Å². The van der Waals surface area contributed by atoms with Gasteiger partial charge in [0.25, 0.3) is 0 Å². The van der Waals surface area contributed by atoms with Gasteiger partial charge < -0.3 is 14.8 Å². The van der Waals surface area contributed by atoms with Gasteiger partial charge in [-0.05, 0) is 18.9 Å². The van der Waals surface area contributed by atoms with Crippen molar-refractivity contribution in [2.24, 2.45) is 0 Å². The Morgan fingerprint density at radius 3 is 2.96 bits per heavy atom. The third-order valence-electron chi connectivity index (χ3n) is 5.04. The van der Waals surface area contributed by atoms with E-state index in [1.165, 1.54) is 0 Å². The van der Waals surface area contributed by atoms with E-state index < -0.39 is 0 Å². The molecule has 4 aromatic rings. The van der Waals surface area contributed by atoms with Crippen molar-refractivity contribution in [1.29, 1.82) is 0 Å². The number of imidazole rings is 1. The molecule has 0 saturated heterocycles. The smallest absolute Gasteiger partial charge is 0.241 e. The Labute approximate surface area is 161 Å². The Morgan fingerprint density at radius 2 is 2.07 bits per heavy atom. The standard InChI is InChI=1S/C19H21N7O2/c1-27-6-7-28-15-8-14(9-15)23-18-21-11-17-16(2-4-26(17)24-18)13-10-22-19-20-3-5-25(19)12-13/h2-5,10-12,14-15H,6-9H2,1H3,(H,23,24). The largest absolute Gasteiger partial charge is 0.382 e. The minimum Gasteiger partial charge on any atom is -0.382 e. The number of ether oxygens (including phenoxy) is 2. The van der Waals surface area contributed by atoms with Crippen LogP contribution in [0.4, 0.5) is 5.95 Å². The summed E-state index contributed by atoms with van der Waals surface area (Å²) < 4.78 is 14.5. The van der Waals surface area contributed by atoms with Crippen molar-refractivity contribution in [3.05, 3.63) is 43.2 Å². The van der Waals surface area contributed by atoms with E-state index in [1.807, 2.05) is 46.0 Å². The normalized spacial score (nSPS) is 19.2. The summed E-state index contributed by atoms with van der Waals surface area (Å²) in [7, 11) is 1.68. The van der Waals surface area contributed by atoms with Gasteiger partial charge >= 0.3 is 0 Å². The predicted octanol–water partition coefficient (Wildman–Crippen LogP) is 2.04. The van der Waals surface area contributed by atoms with Crippen LogP contribution >= 0.6 is 0 Å². The summed E-state index contributed by atoms with van der Waals surface area (Å²) in [5, 5.41) is 7.97. The molecule has 1 aliphatic carbocycles. The van der Waals surface area contributed by atoms with Crippen molar-refractivity contribution in [1.82, 2.24) is 29.0 Å². The van der Waals surface area contributed by atoms with Gasteiger partial charge in [0.1, 0.15) is 0 Å². The Hall–Kier alpha value is -3.04. The first kappa shape index (κ1) is 17.1. The first-order valence-corrected chi connectivity index (χ1v) is 9.31. The molecule has 4 aromatic heterocycles. The van der Waals surface area contributed by atoms with Crippen LogP contribution in [0.5, 0.6) is 0 Å². The van der Waals surface area contributed by atoms with Gasteiger partial charge in [-0.1, -0.05) is 0 Å². The maximum Gasteiger partial charge on any atom is 0.241 e. The first-order chi connectivity index (χ1) is 13.8. The minimum atomic E-state index is 0.292. The third-order valence-corrected chi connectivity index (χ3v) is 5.04. The fourth-order valence-electron chi connectivity index (χ4n) is 3.47. The number of nitrogens with zero attached hydrogens (tertiary/aromatic N) is 6. The zero-order chi connectivity index (χ0) is 18.9. The molecule has 9 heteroatoms. The van der Waals surface area contributed by atoms with E-state index in [0.717, 1.165) is 29.5 Å². The molecule has 0 amide bonds. The zero-order valence-corrected chi connectivity index (χ0v) is 15.5. The van der Waals surface area contributed by atoms with Gasteiger partial charge in [-0.2, -0.15) is 0 Å². The lowest BCUT2D eigenvalue weighted by Gasteiger charge is -2.35. The molecule has 28 heavy (non-hydrogen) atoms. The molecule has 5 rings (SSSR count). The second-order valence-corrected chi connectivity index (χ2v) is 6.92. The molecule has 0 atom stereocenters. The van der Waals surface area contributed by atoms with Crippen LogP contribution in [0.3, 0.4) is 0 Å². The lowest BCUT2D eigenvalue weighted by Crippen LogP contribution is -2.41. The molecule has 0 aromatic carbocycles. The molecule has 1 N–H and O–H groups in total. The summed E-state index contributed by atoms with van der Waals surface area (Å²) in [5.74, 6) is 1.30. The molecule has 1 fully saturated rings. The van der Waals surface area contributed by atoms with Crippen molar-refractivity contribution in [3.8, 4) is 11.1 Å². The SMILES string of the molecule is COCCOC1CC(Nc2ncc3c(-c4cnc5nccn5c4)ccn3n2)C1. The maximum atomic E-state index is 5.71. The average molecular weight is 379 g/mol. The maximum absolute atomic E-state index is 5.71. The molecule has 144 valence electrons. The molecule has 0 bridgehead atoms. The highest BCUT2D eigenvalue weighted by atomic mass is 16.5. The fourth-order valence-corrected chi connectivity index (χ4v) is 3.47. The summed E-state index contributed by atoms with van der Waals surface area (Å²) in [6, 6.07) is 2.37. The van der Waals surface area contributed by atoms with E-state index in [4.69, 9.17) is 9.47 Å². The van der Waals surface area contributed by atoms with Gasteiger partial charge in [0, 0.05) is 55.3 Å². The van der Waals surface area contributed by atoms with Crippen LogP contribution in [0.1, 0.15) is 12.8 Å². The lowest BCUT2D eigenvalue weighted by molar-refractivity contribution is -0.0261. The molecule has 1 aliphatic rings. The van der Waals surface area contributed by atoms with Crippen molar-refractivity contribution in [3.63, 3.8) is 0 Å². The topological polar surface area (TPSA) is 90.9 Å². The molecule has 1 saturated carbocycles. The summed E-state index contributed by atoms with van der Waals surface area (Å²) in [4.78, 5) is 13.1. The first-order valence-electron chi connectivity index (χ1n) is 9.31.